The molecule has 0 saturated carbocycles. The number of rotatable bonds is 4. The average molecular weight is 301 g/mol. The van der Waals surface area contributed by atoms with Crippen molar-refractivity contribution in [3.63, 3.8) is 0 Å². The van der Waals surface area contributed by atoms with Gasteiger partial charge in [0.15, 0.2) is 0 Å². The monoisotopic (exact) mass is 300 g/mol. The number of aryl methyl sites for hydroxylation is 1. The van der Waals surface area contributed by atoms with Crippen molar-refractivity contribution in [3.8, 4) is 0 Å². The quantitative estimate of drug-likeness (QED) is 0.798. The molecule has 0 saturated heterocycles. The van der Waals surface area contributed by atoms with Crippen molar-refractivity contribution in [2.24, 2.45) is 0 Å². The highest BCUT2D eigenvalue weighted by Gasteiger charge is 2.12. The Kier molecular flexibility index (Phi) is 3.80. The molecule has 0 spiro atoms. The molecule has 21 heavy (non-hydrogen) atoms. The van der Waals surface area contributed by atoms with E-state index < -0.39 is 0 Å². The first kappa shape index (κ1) is 13.9. The third kappa shape index (κ3) is 2.59. The average Bonchev–Trinajstić information content (AvgIpc) is 2.87. The summed E-state index contributed by atoms with van der Waals surface area (Å²) >= 11 is 6.29. The van der Waals surface area contributed by atoms with E-state index in [9.17, 15) is 0 Å². The Balaban J connectivity index is 2.09. The van der Waals surface area contributed by atoms with Crippen LogP contribution in [0.4, 0.5) is 5.82 Å². The van der Waals surface area contributed by atoms with Crippen molar-refractivity contribution in [2.45, 2.75) is 19.9 Å². The lowest BCUT2D eigenvalue weighted by atomic mass is 10.3. The Morgan fingerprint density at radius 2 is 1.95 bits per heavy atom. The molecule has 0 aliphatic rings. The second-order valence-electron chi connectivity index (χ2n) is 4.83. The minimum atomic E-state index is 0.623. The van der Waals surface area contributed by atoms with E-state index in [-0.39, 0.29) is 0 Å². The molecule has 0 unspecified atom stereocenters. The summed E-state index contributed by atoms with van der Waals surface area (Å²) in [6.45, 7) is 2.73. The van der Waals surface area contributed by atoms with Gasteiger partial charge in [0.1, 0.15) is 11.6 Å². The molecule has 0 atom stereocenters. The Morgan fingerprint density at radius 1 is 1.14 bits per heavy atom. The van der Waals surface area contributed by atoms with Gasteiger partial charge in [-0.15, -0.1) is 0 Å². The fourth-order valence-corrected chi connectivity index (χ4v) is 2.62. The zero-order chi connectivity index (χ0) is 14.8. The molecular weight excluding hydrogens is 284 g/mol. The summed E-state index contributed by atoms with van der Waals surface area (Å²) in [7, 11) is 1.85. The van der Waals surface area contributed by atoms with Crippen LogP contribution < -0.4 is 5.32 Å². The van der Waals surface area contributed by atoms with Gasteiger partial charge in [0.25, 0.3) is 0 Å². The molecular formula is C16H17ClN4. The number of pyridine rings is 1. The standard InChI is InChI=1S/C16H17ClN4/c1-3-16-20-12-6-4-5-7-14(12)21(16)10-13-11(17)8-9-15(18-2)19-13/h4-9H,3,10H2,1-2H3,(H,18,19). The highest BCUT2D eigenvalue weighted by molar-refractivity contribution is 6.31. The number of nitrogens with one attached hydrogen (secondary N) is 1. The Morgan fingerprint density at radius 3 is 2.71 bits per heavy atom. The predicted octanol–water partition coefficient (Wildman–Crippen LogP) is 3.74. The SMILES string of the molecule is CCc1nc2ccccc2n1Cc1nc(NC)ccc1Cl. The summed E-state index contributed by atoms with van der Waals surface area (Å²) in [6, 6.07) is 11.9. The lowest BCUT2D eigenvalue weighted by molar-refractivity contribution is 0.737. The molecule has 3 aromatic rings. The molecule has 0 amide bonds. The van der Waals surface area contributed by atoms with Crippen LogP contribution in [0, 0.1) is 0 Å². The van der Waals surface area contributed by atoms with E-state index in [1.807, 2.05) is 37.4 Å². The van der Waals surface area contributed by atoms with E-state index in [0.29, 0.717) is 11.6 Å². The van der Waals surface area contributed by atoms with Gasteiger partial charge in [0, 0.05) is 13.5 Å². The Labute approximate surface area is 128 Å². The zero-order valence-electron chi connectivity index (χ0n) is 12.1. The summed E-state index contributed by atoms with van der Waals surface area (Å²) in [5.74, 6) is 1.86. The van der Waals surface area contributed by atoms with Crippen LogP contribution in [0.1, 0.15) is 18.4 Å². The first-order valence-corrected chi connectivity index (χ1v) is 7.38. The molecule has 5 heteroatoms. The van der Waals surface area contributed by atoms with Crippen LogP contribution in [0.15, 0.2) is 36.4 Å². The number of halogens is 1. The number of anilines is 1. The van der Waals surface area contributed by atoms with Crippen molar-refractivity contribution in [1.82, 2.24) is 14.5 Å². The number of benzene rings is 1. The lowest BCUT2D eigenvalue weighted by Gasteiger charge is -2.10. The number of fused-ring (bicyclic) bond motifs is 1. The number of para-hydroxylation sites is 2. The molecule has 0 fully saturated rings. The van der Waals surface area contributed by atoms with Gasteiger partial charge in [-0.2, -0.15) is 0 Å². The molecule has 2 heterocycles. The first-order valence-electron chi connectivity index (χ1n) is 7.00. The molecule has 0 bridgehead atoms. The van der Waals surface area contributed by atoms with Crippen molar-refractivity contribution in [2.75, 3.05) is 12.4 Å². The Bertz CT molecular complexity index is 779. The molecule has 2 aromatic heterocycles. The molecule has 0 aliphatic carbocycles. The summed E-state index contributed by atoms with van der Waals surface area (Å²) in [5, 5.41) is 3.72. The third-order valence-electron chi connectivity index (χ3n) is 3.53. The highest BCUT2D eigenvalue weighted by Crippen LogP contribution is 2.22. The fourth-order valence-electron chi connectivity index (χ4n) is 2.46. The third-order valence-corrected chi connectivity index (χ3v) is 3.88. The molecule has 1 N–H and O–H groups in total. The smallest absolute Gasteiger partial charge is 0.126 e. The molecule has 3 rings (SSSR count). The second kappa shape index (κ2) is 5.74. The van der Waals surface area contributed by atoms with Crippen LogP contribution in [0.5, 0.6) is 0 Å². The highest BCUT2D eigenvalue weighted by atomic mass is 35.5. The summed E-state index contributed by atoms with van der Waals surface area (Å²) in [4.78, 5) is 9.23. The molecule has 4 nitrogen and oxygen atoms in total. The number of hydrogen-bond acceptors (Lipinski definition) is 3. The van der Waals surface area contributed by atoms with Gasteiger partial charge < -0.3 is 9.88 Å². The van der Waals surface area contributed by atoms with E-state index in [1.165, 1.54) is 0 Å². The van der Waals surface area contributed by atoms with Crippen LogP contribution in [-0.4, -0.2) is 21.6 Å². The van der Waals surface area contributed by atoms with Crippen molar-refractivity contribution < 1.29 is 0 Å². The predicted molar refractivity (Wildman–Crippen MR) is 87.0 cm³/mol. The summed E-state index contributed by atoms with van der Waals surface area (Å²) < 4.78 is 2.18. The first-order chi connectivity index (χ1) is 10.2. The molecule has 1 aromatic carbocycles. The number of imidazole rings is 1. The lowest BCUT2D eigenvalue weighted by Crippen LogP contribution is -2.07. The molecule has 0 aliphatic heterocycles. The van der Waals surface area contributed by atoms with E-state index >= 15 is 0 Å². The Hall–Kier alpha value is -2.07. The van der Waals surface area contributed by atoms with Gasteiger partial charge in [0.2, 0.25) is 0 Å². The normalized spacial score (nSPS) is 11.0. The minimum Gasteiger partial charge on any atom is -0.373 e. The molecule has 0 radical (unpaired) electrons. The maximum Gasteiger partial charge on any atom is 0.126 e. The van der Waals surface area contributed by atoms with Gasteiger partial charge >= 0.3 is 0 Å². The van der Waals surface area contributed by atoms with E-state index in [4.69, 9.17) is 11.6 Å². The van der Waals surface area contributed by atoms with Crippen molar-refractivity contribution in [3.05, 3.63) is 52.9 Å². The van der Waals surface area contributed by atoms with Gasteiger partial charge in [-0.25, -0.2) is 9.97 Å². The fraction of sp³-hybridized carbons (Fsp3) is 0.250. The summed E-state index contributed by atoms with van der Waals surface area (Å²) in [5.41, 5.74) is 2.97. The van der Waals surface area contributed by atoms with Crippen LogP contribution in [0.3, 0.4) is 0 Å². The van der Waals surface area contributed by atoms with Crippen molar-refractivity contribution in [1.29, 1.82) is 0 Å². The van der Waals surface area contributed by atoms with Gasteiger partial charge in [-0.1, -0.05) is 30.7 Å². The second-order valence-corrected chi connectivity index (χ2v) is 5.24. The number of aromatic nitrogens is 3. The van der Waals surface area contributed by atoms with Crippen LogP contribution in [0.25, 0.3) is 11.0 Å². The number of nitrogens with zero attached hydrogens (tertiary/aromatic N) is 3. The van der Waals surface area contributed by atoms with Crippen molar-refractivity contribution >= 4 is 28.5 Å². The maximum atomic E-state index is 6.29. The van der Waals surface area contributed by atoms with Gasteiger partial charge in [-0.05, 0) is 24.3 Å². The van der Waals surface area contributed by atoms with Crippen LogP contribution >= 0.6 is 11.6 Å². The summed E-state index contributed by atoms with van der Waals surface area (Å²) in [6.07, 6.45) is 0.873. The molecule has 108 valence electrons. The topological polar surface area (TPSA) is 42.7 Å². The number of hydrogen-bond donors (Lipinski definition) is 1. The van der Waals surface area contributed by atoms with Gasteiger partial charge in [0.05, 0.1) is 28.3 Å². The van der Waals surface area contributed by atoms with Gasteiger partial charge in [-0.3, -0.25) is 0 Å². The minimum absolute atomic E-state index is 0.623. The van der Waals surface area contributed by atoms with E-state index in [0.717, 1.165) is 34.8 Å². The van der Waals surface area contributed by atoms with E-state index in [1.54, 1.807) is 0 Å². The zero-order valence-corrected chi connectivity index (χ0v) is 12.9. The van der Waals surface area contributed by atoms with Crippen LogP contribution in [0.2, 0.25) is 5.02 Å². The largest absolute Gasteiger partial charge is 0.373 e. The van der Waals surface area contributed by atoms with E-state index in [2.05, 4.69) is 32.8 Å². The van der Waals surface area contributed by atoms with Crippen LogP contribution in [-0.2, 0) is 13.0 Å². The maximum absolute atomic E-state index is 6.29.